The predicted molar refractivity (Wildman–Crippen MR) is 153 cm³/mol. The number of primary amides is 1. The van der Waals surface area contributed by atoms with Gasteiger partial charge in [-0.05, 0) is 56.2 Å². The molecule has 4 heterocycles. The Morgan fingerprint density at radius 1 is 1.15 bits per heavy atom. The number of hydrogen-bond donors (Lipinski definition) is 3. The van der Waals surface area contributed by atoms with E-state index in [1.54, 1.807) is 10.9 Å². The van der Waals surface area contributed by atoms with Gasteiger partial charge in [0.2, 0.25) is 11.5 Å². The molecule has 4 N–H and O–H groups in total. The highest BCUT2D eigenvalue weighted by molar-refractivity contribution is 6.35. The van der Waals surface area contributed by atoms with Crippen molar-refractivity contribution in [3.05, 3.63) is 64.4 Å². The van der Waals surface area contributed by atoms with E-state index in [2.05, 4.69) is 24.9 Å². The standard InChI is InChI=1S/C30H23ClF5N5O6/c1-27(26(37)43)12-45-24-17(27)9-21(39-23(24)13-2-5-19-20(8-13)47-30(35,36)46-19)28(44,29(32,33)34)11-38-25(42)14-6-15-10-41(16-3-4-16)40-22(15)18(31)7-14/h2,5-10,16,44H,3-4,11-12H2,1H3,(H2,37,43)(H,38,42)/t27-,28?/m0/s1. The van der Waals surface area contributed by atoms with Gasteiger partial charge in [0.05, 0.1) is 23.3 Å². The maximum absolute atomic E-state index is 14.8. The highest BCUT2D eigenvalue weighted by Gasteiger charge is 2.58. The topological polar surface area (TPSA) is 151 Å². The number of aliphatic hydroxyl groups is 1. The average Bonchev–Trinajstić information content (AvgIpc) is 3.54. The quantitative estimate of drug-likeness (QED) is 0.238. The first kappa shape index (κ1) is 30.9. The van der Waals surface area contributed by atoms with E-state index in [0.29, 0.717) is 10.9 Å². The summed E-state index contributed by atoms with van der Waals surface area (Å²) < 4.78 is 88.0. The molecule has 1 saturated carbocycles. The van der Waals surface area contributed by atoms with Crippen LogP contribution in [-0.2, 0) is 15.8 Å². The Kier molecular flexibility index (Phi) is 6.68. The maximum atomic E-state index is 14.8. The number of nitrogens with one attached hydrogen (secondary N) is 1. The lowest BCUT2D eigenvalue weighted by molar-refractivity contribution is -0.286. The summed E-state index contributed by atoms with van der Waals surface area (Å²) in [6.45, 7) is -0.478. The lowest BCUT2D eigenvalue weighted by atomic mass is 9.81. The molecule has 11 nitrogen and oxygen atoms in total. The van der Waals surface area contributed by atoms with Gasteiger partial charge in [-0.1, -0.05) is 11.6 Å². The summed E-state index contributed by atoms with van der Waals surface area (Å²) in [6, 6.07) is 7.03. The molecule has 1 aliphatic carbocycles. The van der Waals surface area contributed by atoms with Crippen LogP contribution in [0.3, 0.4) is 0 Å². The molecular weight excluding hydrogens is 657 g/mol. The van der Waals surface area contributed by atoms with Gasteiger partial charge < -0.3 is 30.4 Å². The van der Waals surface area contributed by atoms with E-state index >= 15 is 0 Å². The van der Waals surface area contributed by atoms with Crippen molar-refractivity contribution in [2.45, 2.75) is 49.3 Å². The smallest absolute Gasteiger partial charge is 0.489 e. The van der Waals surface area contributed by atoms with Crippen molar-refractivity contribution < 1.29 is 50.9 Å². The molecule has 0 spiro atoms. The maximum Gasteiger partial charge on any atom is 0.586 e. The molecule has 4 aromatic rings. The summed E-state index contributed by atoms with van der Waals surface area (Å²) >= 11 is 6.33. The van der Waals surface area contributed by atoms with Crippen LogP contribution in [0.1, 0.15) is 47.4 Å². The van der Waals surface area contributed by atoms with Gasteiger partial charge in [0, 0.05) is 28.3 Å². The van der Waals surface area contributed by atoms with E-state index < -0.39 is 53.3 Å². The Labute approximate surface area is 266 Å². The number of nitrogens with two attached hydrogens (primary N) is 1. The molecule has 47 heavy (non-hydrogen) atoms. The Balaban J connectivity index is 1.28. The van der Waals surface area contributed by atoms with Crippen LogP contribution in [0.15, 0.2) is 42.6 Å². The first-order chi connectivity index (χ1) is 22.0. The molecule has 2 amide bonds. The van der Waals surface area contributed by atoms with Crippen molar-refractivity contribution in [3.8, 4) is 28.5 Å². The Hall–Kier alpha value is -4.70. The van der Waals surface area contributed by atoms with Gasteiger partial charge in [0.1, 0.15) is 29.0 Å². The summed E-state index contributed by atoms with van der Waals surface area (Å²) in [7, 11) is 0. The second kappa shape index (κ2) is 10.1. The number of amides is 2. The van der Waals surface area contributed by atoms with E-state index in [4.69, 9.17) is 22.1 Å². The van der Waals surface area contributed by atoms with Crippen LogP contribution in [0, 0.1) is 0 Å². The van der Waals surface area contributed by atoms with Crippen molar-refractivity contribution in [3.63, 3.8) is 0 Å². The number of fused-ring (bicyclic) bond motifs is 3. The molecule has 1 fully saturated rings. The number of aromatic nitrogens is 3. The van der Waals surface area contributed by atoms with Crippen molar-refractivity contribution in [1.82, 2.24) is 20.1 Å². The Morgan fingerprint density at radius 2 is 1.87 bits per heavy atom. The summed E-state index contributed by atoms with van der Waals surface area (Å²) in [4.78, 5) is 29.7. The van der Waals surface area contributed by atoms with Crippen LogP contribution in [0.2, 0.25) is 5.02 Å². The van der Waals surface area contributed by atoms with Gasteiger partial charge in [0.15, 0.2) is 11.5 Å². The van der Waals surface area contributed by atoms with Crippen molar-refractivity contribution in [1.29, 1.82) is 0 Å². The van der Waals surface area contributed by atoms with E-state index in [-0.39, 0.29) is 51.6 Å². The van der Waals surface area contributed by atoms with Gasteiger partial charge in [-0.15, -0.1) is 8.78 Å². The van der Waals surface area contributed by atoms with E-state index in [1.807, 2.05) is 0 Å². The largest absolute Gasteiger partial charge is 0.586 e. The number of pyridine rings is 1. The second-order valence-corrected chi connectivity index (χ2v) is 12.2. The minimum absolute atomic E-state index is 0.0693. The minimum atomic E-state index is -5.44. The molecule has 3 aliphatic rings. The SMILES string of the molecule is C[C@]1(C(N)=O)COc2c1cc(C(O)(CNC(=O)c1cc(Cl)c3nn(C4CC4)cc3c1)C(F)(F)F)nc2-c1ccc2c(c1)OC(F)(F)O2. The zero-order chi connectivity index (χ0) is 33.7. The fraction of sp³-hybridized carbons (Fsp3) is 0.333. The first-order valence-corrected chi connectivity index (χ1v) is 14.5. The van der Waals surface area contributed by atoms with Gasteiger partial charge >= 0.3 is 12.5 Å². The summed E-state index contributed by atoms with van der Waals surface area (Å²) in [5, 5.41) is 18.4. The van der Waals surface area contributed by atoms with Gasteiger partial charge in [-0.2, -0.15) is 18.3 Å². The number of carbonyl (C=O) groups is 2. The Morgan fingerprint density at radius 3 is 2.55 bits per heavy atom. The van der Waals surface area contributed by atoms with Crippen LogP contribution < -0.4 is 25.3 Å². The lowest BCUT2D eigenvalue weighted by Crippen LogP contribution is -2.51. The van der Waals surface area contributed by atoms with Crippen LogP contribution in [0.5, 0.6) is 17.2 Å². The molecule has 17 heteroatoms. The highest BCUT2D eigenvalue weighted by Crippen LogP contribution is 2.50. The normalized spacial score (nSPS) is 20.9. The zero-order valence-corrected chi connectivity index (χ0v) is 24.9. The van der Waals surface area contributed by atoms with Gasteiger partial charge in [0.25, 0.3) is 5.91 Å². The third-order valence-electron chi connectivity index (χ3n) is 8.45. The molecule has 246 valence electrons. The summed E-state index contributed by atoms with van der Waals surface area (Å²) in [5.74, 6) is -2.89. The molecule has 0 bridgehead atoms. The predicted octanol–water partition coefficient (Wildman–Crippen LogP) is 4.72. The molecule has 0 radical (unpaired) electrons. The molecular formula is C30H23ClF5N5O6. The zero-order valence-electron chi connectivity index (χ0n) is 24.1. The number of ether oxygens (including phenoxy) is 3. The molecule has 0 saturated heterocycles. The number of rotatable bonds is 7. The molecule has 2 aliphatic heterocycles. The monoisotopic (exact) mass is 679 g/mol. The summed E-state index contributed by atoms with van der Waals surface area (Å²) in [5.41, 5.74) is -1.15. The number of benzene rings is 2. The molecule has 1 unspecified atom stereocenters. The number of hydrogen-bond acceptors (Lipinski definition) is 8. The third-order valence-corrected chi connectivity index (χ3v) is 8.74. The van der Waals surface area contributed by atoms with Crippen LogP contribution in [-0.4, -0.2) is 57.3 Å². The van der Waals surface area contributed by atoms with Crippen LogP contribution in [0.25, 0.3) is 22.2 Å². The molecule has 2 atom stereocenters. The lowest BCUT2D eigenvalue weighted by Gasteiger charge is -2.31. The average molecular weight is 680 g/mol. The highest BCUT2D eigenvalue weighted by atomic mass is 35.5. The first-order valence-electron chi connectivity index (χ1n) is 14.1. The van der Waals surface area contributed by atoms with E-state index in [1.165, 1.54) is 25.1 Å². The fourth-order valence-corrected chi connectivity index (χ4v) is 5.77. The number of carbonyl (C=O) groups excluding carboxylic acids is 2. The van der Waals surface area contributed by atoms with Crippen LogP contribution in [0.4, 0.5) is 22.0 Å². The summed E-state index contributed by atoms with van der Waals surface area (Å²) in [6.07, 6.45) is -5.87. The van der Waals surface area contributed by atoms with Crippen molar-refractivity contribution >= 4 is 34.3 Å². The second-order valence-electron chi connectivity index (χ2n) is 11.8. The third kappa shape index (κ3) is 5.06. The van der Waals surface area contributed by atoms with Crippen molar-refractivity contribution in [2.75, 3.05) is 13.2 Å². The van der Waals surface area contributed by atoms with E-state index in [0.717, 1.165) is 31.0 Å². The minimum Gasteiger partial charge on any atom is -0.489 e. The van der Waals surface area contributed by atoms with E-state index in [9.17, 15) is 36.6 Å². The molecule has 2 aromatic heterocycles. The van der Waals surface area contributed by atoms with Crippen molar-refractivity contribution in [2.24, 2.45) is 5.73 Å². The van der Waals surface area contributed by atoms with Gasteiger partial charge in [-0.25, -0.2) is 4.98 Å². The molecule has 2 aromatic carbocycles. The number of halogens is 6. The van der Waals surface area contributed by atoms with Gasteiger partial charge in [-0.3, -0.25) is 14.3 Å². The number of alkyl halides is 5. The number of nitrogens with zero attached hydrogens (tertiary/aromatic N) is 3. The Bertz CT molecular complexity index is 2000. The van der Waals surface area contributed by atoms with Crippen LogP contribution >= 0.6 is 11.6 Å². The fourth-order valence-electron chi connectivity index (χ4n) is 5.51. The molecule has 7 rings (SSSR count).